The Morgan fingerprint density at radius 1 is 1.09 bits per heavy atom. The summed E-state index contributed by atoms with van der Waals surface area (Å²) in [5.74, 6) is 0.956. The van der Waals surface area contributed by atoms with E-state index in [4.69, 9.17) is 0 Å². The van der Waals surface area contributed by atoms with Crippen LogP contribution in [-0.2, 0) is 0 Å². The molecule has 1 aromatic carbocycles. The molecule has 3 aromatic rings. The lowest BCUT2D eigenvalue weighted by Crippen LogP contribution is -2.15. The van der Waals surface area contributed by atoms with Crippen LogP contribution in [0.25, 0.3) is 10.6 Å². The van der Waals surface area contributed by atoms with Crippen LogP contribution in [-0.4, -0.2) is 22.8 Å². The van der Waals surface area contributed by atoms with Crippen LogP contribution < -0.4 is 4.90 Å². The molecular weight excluding hydrogens is 310 g/mol. The molecule has 0 radical (unpaired) electrons. The van der Waals surface area contributed by atoms with Crippen molar-refractivity contribution in [2.75, 3.05) is 17.7 Å². The minimum absolute atomic E-state index is 0.865. The minimum atomic E-state index is 0.865. The second-order valence-electron chi connectivity index (χ2n) is 4.66. The lowest BCUT2D eigenvalue weighted by atomic mass is 10.2. The zero-order valence-corrected chi connectivity index (χ0v) is 14.2. The first-order chi connectivity index (χ1) is 10.8. The highest BCUT2D eigenvalue weighted by Crippen LogP contribution is 2.34. The van der Waals surface area contributed by atoms with E-state index in [9.17, 15) is 0 Å². The van der Waals surface area contributed by atoms with Gasteiger partial charge >= 0.3 is 0 Å². The van der Waals surface area contributed by atoms with Crippen molar-refractivity contribution in [2.45, 2.75) is 11.8 Å². The number of pyridine rings is 1. The van der Waals surface area contributed by atoms with Crippen molar-refractivity contribution >= 4 is 33.9 Å². The van der Waals surface area contributed by atoms with Crippen molar-refractivity contribution in [1.29, 1.82) is 0 Å². The van der Waals surface area contributed by atoms with Gasteiger partial charge in [-0.2, -0.15) is 0 Å². The predicted molar refractivity (Wildman–Crippen MR) is 96.2 cm³/mol. The largest absolute Gasteiger partial charge is 0.317 e. The van der Waals surface area contributed by atoms with Crippen LogP contribution in [0.4, 0.5) is 10.8 Å². The molecule has 112 valence electrons. The van der Waals surface area contributed by atoms with E-state index in [1.807, 2.05) is 30.6 Å². The van der Waals surface area contributed by atoms with Gasteiger partial charge in [0.15, 0.2) is 0 Å². The number of thioether (sulfide) groups is 1. The fraction of sp³-hybridized carbons (Fsp3) is 0.176. The maximum Gasteiger partial charge on any atom is 0.133 e. The maximum atomic E-state index is 4.58. The van der Waals surface area contributed by atoms with E-state index in [1.165, 1.54) is 4.90 Å². The highest BCUT2D eigenvalue weighted by Gasteiger charge is 2.12. The maximum absolute atomic E-state index is 4.58. The fourth-order valence-corrected chi connectivity index (χ4v) is 3.61. The van der Waals surface area contributed by atoms with Crippen LogP contribution in [0.3, 0.4) is 0 Å². The summed E-state index contributed by atoms with van der Waals surface area (Å²) < 4.78 is 0. The van der Waals surface area contributed by atoms with Gasteiger partial charge in [0.05, 0.1) is 6.20 Å². The second-order valence-corrected chi connectivity index (χ2v) is 6.55. The summed E-state index contributed by atoms with van der Waals surface area (Å²) in [4.78, 5) is 12.5. The van der Waals surface area contributed by atoms with E-state index < -0.39 is 0 Å². The van der Waals surface area contributed by atoms with E-state index in [0.717, 1.165) is 27.9 Å². The molecule has 0 bridgehead atoms. The molecule has 0 fully saturated rings. The third-order valence-corrected chi connectivity index (χ3v) is 5.15. The number of benzene rings is 1. The summed E-state index contributed by atoms with van der Waals surface area (Å²) in [6.45, 7) is 2.99. The molecule has 0 saturated carbocycles. The minimum Gasteiger partial charge on any atom is -0.317 e. The highest BCUT2D eigenvalue weighted by molar-refractivity contribution is 7.98. The van der Waals surface area contributed by atoms with Crippen LogP contribution in [0, 0.1) is 0 Å². The Morgan fingerprint density at radius 3 is 2.55 bits per heavy atom. The van der Waals surface area contributed by atoms with Crippen molar-refractivity contribution in [3.63, 3.8) is 0 Å². The molecule has 0 N–H and O–H groups in total. The molecule has 0 spiro atoms. The number of hydrogen-bond acceptors (Lipinski definition) is 5. The molecule has 0 unspecified atom stereocenters. The molecule has 2 heterocycles. The van der Waals surface area contributed by atoms with Crippen molar-refractivity contribution in [3.05, 3.63) is 54.9 Å². The average molecular weight is 327 g/mol. The molecule has 0 saturated heterocycles. The van der Waals surface area contributed by atoms with Gasteiger partial charge in [0.2, 0.25) is 0 Å². The Morgan fingerprint density at radius 2 is 1.91 bits per heavy atom. The van der Waals surface area contributed by atoms with Gasteiger partial charge < -0.3 is 4.90 Å². The van der Waals surface area contributed by atoms with Gasteiger partial charge in [-0.25, -0.2) is 9.97 Å². The molecule has 0 aliphatic rings. The number of thiazole rings is 1. The quantitative estimate of drug-likeness (QED) is 0.611. The molecule has 22 heavy (non-hydrogen) atoms. The summed E-state index contributed by atoms with van der Waals surface area (Å²) in [5.41, 5.74) is 1.16. The Labute approximate surface area is 139 Å². The first kappa shape index (κ1) is 15.1. The lowest BCUT2D eigenvalue weighted by molar-refractivity contribution is 0.999. The Balaban J connectivity index is 1.88. The van der Waals surface area contributed by atoms with Crippen LogP contribution in [0.2, 0.25) is 0 Å². The monoisotopic (exact) mass is 327 g/mol. The van der Waals surface area contributed by atoms with Gasteiger partial charge in [-0.1, -0.05) is 29.5 Å². The van der Waals surface area contributed by atoms with Gasteiger partial charge in [-0.3, -0.25) is 0 Å². The predicted octanol–water partition coefficient (Wildman–Crippen LogP) is 5.09. The van der Waals surface area contributed by atoms with E-state index in [2.05, 4.69) is 52.3 Å². The zero-order valence-electron chi connectivity index (χ0n) is 12.6. The van der Waals surface area contributed by atoms with Gasteiger partial charge in [-0.15, -0.1) is 11.8 Å². The first-order valence-corrected chi connectivity index (χ1v) is 9.14. The van der Waals surface area contributed by atoms with E-state index in [1.54, 1.807) is 23.1 Å². The number of hydrogen-bond donors (Lipinski definition) is 0. The molecule has 3 rings (SSSR count). The van der Waals surface area contributed by atoms with E-state index in [0.29, 0.717) is 0 Å². The van der Waals surface area contributed by atoms with E-state index >= 15 is 0 Å². The van der Waals surface area contributed by atoms with Crippen molar-refractivity contribution in [2.24, 2.45) is 0 Å². The van der Waals surface area contributed by atoms with Crippen LogP contribution in [0.1, 0.15) is 6.92 Å². The fourth-order valence-electron chi connectivity index (χ4n) is 2.20. The lowest BCUT2D eigenvalue weighted by Gasteiger charge is -2.18. The van der Waals surface area contributed by atoms with Crippen LogP contribution in [0.15, 0.2) is 59.8 Å². The Kier molecular flexibility index (Phi) is 4.75. The normalized spacial score (nSPS) is 10.6. The van der Waals surface area contributed by atoms with Crippen molar-refractivity contribution in [3.8, 4) is 10.6 Å². The second kappa shape index (κ2) is 6.94. The van der Waals surface area contributed by atoms with Crippen molar-refractivity contribution in [1.82, 2.24) is 9.97 Å². The van der Waals surface area contributed by atoms with E-state index in [-0.39, 0.29) is 0 Å². The van der Waals surface area contributed by atoms with Gasteiger partial charge in [0.1, 0.15) is 15.8 Å². The molecule has 2 aromatic heterocycles. The third kappa shape index (κ3) is 3.15. The molecule has 5 heteroatoms. The zero-order chi connectivity index (χ0) is 15.4. The Bertz CT molecular complexity index is 723. The highest BCUT2D eigenvalue weighted by atomic mass is 32.2. The van der Waals surface area contributed by atoms with Gasteiger partial charge in [0, 0.05) is 23.2 Å². The molecule has 0 aliphatic carbocycles. The summed E-state index contributed by atoms with van der Waals surface area (Å²) in [7, 11) is 0. The number of aromatic nitrogens is 2. The topological polar surface area (TPSA) is 29.0 Å². The number of nitrogens with zero attached hydrogens (tertiary/aromatic N) is 3. The van der Waals surface area contributed by atoms with Crippen LogP contribution in [0.5, 0.6) is 0 Å². The number of anilines is 2. The molecular formula is C17H17N3S2. The third-order valence-electron chi connectivity index (χ3n) is 3.34. The summed E-state index contributed by atoms with van der Waals surface area (Å²) in [6, 6.07) is 14.5. The van der Waals surface area contributed by atoms with Crippen molar-refractivity contribution < 1.29 is 0 Å². The molecule has 3 nitrogen and oxygen atoms in total. The van der Waals surface area contributed by atoms with Gasteiger partial charge in [-0.05, 0) is 37.4 Å². The SMILES string of the molecule is CCN(c1ccccn1)c1cnc(-c2ccc(SC)cc2)s1. The smallest absolute Gasteiger partial charge is 0.133 e. The van der Waals surface area contributed by atoms with Crippen LogP contribution >= 0.6 is 23.1 Å². The average Bonchev–Trinajstić information content (AvgIpc) is 3.06. The first-order valence-electron chi connectivity index (χ1n) is 7.10. The number of rotatable bonds is 5. The summed E-state index contributed by atoms with van der Waals surface area (Å²) in [6.07, 6.45) is 5.84. The summed E-state index contributed by atoms with van der Waals surface area (Å²) in [5, 5.41) is 2.15. The molecule has 0 atom stereocenters. The molecule has 0 aliphatic heterocycles. The summed E-state index contributed by atoms with van der Waals surface area (Å²) >= 11 is 3.45. The molecule has 0 amide bonds. The Hall–Kier alpha value is -1.85. The van der Waals surface area contributed by atoms with Gasteiger partial charge in [0.25, 0.3) is 0 Å². The standard InChI is InChI=1S/C17H17N3S2/c1-3-20(15-6-4-5-11-18-15)16-12-19-17(22-16)13-7-9-14(21-2)10-8-13/h4-12H,3H2,1-2H3.